The van der Waals surface area contributed by atoms with E-state index in [0.717, 1.165) is 41.1 Å². The Balaban J connectivity index is 1.71. The van der Waals surface area contributed by atoms with Gasteiger partial charge < -0.3 is 10.2 Å². The molecule has 0 bridgehead atoms. The van der Waals surface area contributed by atoms with Gasteiger partial charge in [0.05, 0.1) is 10.6 Å². The van der Waals surface area contributed by atoms with Crippen LogP contribution in [0.2, 0.25) is 10.0 Å². The maximum atomic E-state index is 14.1. The fraction of sp³-hybridized carbons (Fsp3) is 0.355. The Morgan fingerprint density at radius 3 is 2.22 bits per heavy atom. The number of hydrogen-bond donors (Lipinski definition) is 1. The summed E-state index contributed by atoms with van der Waals surface area (Å²) in [5.74, 6) is -0.749. The Morgan fingerprint density at radius 1 is 0.951 bits per heavy atom. The molecule has 1 fully saturated rings. The third-order valence-corrected chi connectivity index (χ3v) is 9.61. The van der Waals surface area contributed by atoms with Crippen LogP contribution in [-0.4, -0.2) is 43.8 Å². The lowest BCUT2D eigenvalue weighted by atomic mass is 10.1. The second-order valence-electron chi connectivity index (χ2n) is 10.4. The molecular formula is C31H35Cl2N3O4S. The zero-order valence-electron chi connectivity index (χ0n) is 23.2. The number of amides is 2. The summed E-state index contributed by atoms with van der Waals surface area (Å²) in [7, 11) is -4.16. The van der Waals surface area contributed by atoms with Crippen LogP contribution in [0.4, 0.5) is 5.69 Å². The highest BCUT2D eigenvalue weighted by Crippen LogP contribution is 2.27. The number of carbonyl (C=O) groups is 2. The SMILES string of the molecule is CC[C@H](C(=O)NC1CCCC1)N(Cc1ccc(Cl)cc1)C(=O)CN(c1cccc(Cl)c1)S(=O)(=O)c1ccc(C)cc1. The van der Waals surface area contributed by atoms with E-state index in [0.29, 0.717) is 16.5 Å². The van der Waals surface area contributed by atoms with Crippen LogP contribution in [-0.2, 0) is 26.2 Å². The second kappa shape index (κ2) is 13.7. The molecule has 7 nitrogen and oxygen atoms in total. The highest BCUT2D eigenvalue weighted by atomic mass is 35.5. The normalized spacial score (nSPS) is 14.4. The molecule has 0 heterocycles. The van der Waals surface area contributed by atoms with Crippen molar-refractivity contribution in [2.45, 2.75) is 69.5 Å². The van der Waals surface area contributed by atoms with Crippen molar-refractivity contribution >= 4 is 50.7 Å². The number of sulfonamides is 1. The monoisotopic (exact) mass is 615 g/mol. The van der Waals surface area contributed by atoms with E-state index in [4.69, 9.17) is 23.2 Å². The zero-order chi connectivity index (χ0) is 29.6. The van der Waals surface area contributed by atoms with Crippen molar-refractivity contribution in [1.29, 1.82) is 0 Å². The number of nitrogens with one attached hydrogen (secondary N) is 1. The van der Waals surface area contributed by atoms with E-state index in [-0.39, 0.29) is 29.1 Å². The highest BCUT2D eigenvalue weighted by molar-refractivity contribution is 7.92. The first kappa shape index (κ1) is 30.9. The van der Waals surface area contributed by atoms with Gasteiger partial charge in [-0.05, 0) is 74.2 Å². The lowest BCUT2D eigenvalue weighted by Crippen LogP contribution is -2.53. The topological polar surface area (TPSA) is 86.8 Å². The van der Waals surface area contributed by atoms with E-state index in [9.17, 15) is 18.0 Å². The predicted molar refractivity (Wildman–Crippen MR) is 164 cm³/mol. The van der Waals surface area contributed by atoms with Gasteiger partial charge in [-0.1, -0.05) is 78.9 Å². The van der Waals surface area contributed by atoms with E-state index >= 15 is 0 Å². The van der Waals surface area contributed by atoms with Gasteiger partial charge in [-0.25, -0.2) is 8.42 Å². The minimum Gasteiger partial charge on any atom is -0.352 e. The molecule has 2 amide bonds. The smallest absolute Gasteiger partial charge is 0.264 e. The van der Waals surface area contributed by atoms with Crippen LogP contribution in [0.25, 0.3) is 0 Å². The highest BCUT2D eigenvalue weighted by Gasteiger charge is 2.34. The first-order valence-electron chi connectivity index (χ1n) is 13.8. The number of rotatable bonds is 11. The molecule has 0 saturated heterocycles. The predicted octanol–water partition coefficient (Wildman–Crippen LogP) is 6.36. The molecule has 1 aliphatic rings. The summed E-state index contributed by atoms with van der Waals surface area (Å²) >= 11 is 12.3. The van der Waals surface area contributed by atoms with Gasteiger partial charge in [-0.15, -0.1) is 0 Å². The van der Waals surface area contributed by atoms with Gasteiger partial charge >= 0.3 is 0 Å². The maximum Gasteiger partial charge on any atom is 0.264 e. The average molecular weight is 617 g/mol. The van der Waals surface area contributed by atoms with Crippen molar-refractivity contribution in [2.24, 2.45) is 0 Å². The molecule has 218 valence electrons. The number of aryl methyl sites for hydroxylation is 1. The molecule has 3 aromatic carbocycles. The van der Waals surface area contributed by atoms with Gasteiger partial charge in [0.1, 0.15) is 12.6 Å². The summed E-state index contributed by atoms with van der Waals surface area (Å²) in [5.41, 5.74) is 1.93. The molecular weight excluding hydrogens is 581 g/mol. The van der Waals surface area contributed by atoms with E-state index in [1.807, 2.05) is 13.8 Å². The minimum atomic E-state index is -4.16. The second-order valence-corrected chi connectivity index (χ2v) is 13.1. The van der Waals surface area contributed by atoms with E-state index in [1.165, 1.54) is 23.1 Å². The number of nitrogens with zero attached hydrogens (tertiary/aromatic N) is 2. The summed E-state index contributed by atoms with van der Waals surface area (Å²) in [6, 6.07) is 19.1. The molecule has 0 aliphatic heterocycles. The number of carbonyl (C=O) groups excluding carboxylic acids is 2. The Hall–Kier alpha value is -3.07. The van der Waals surface area contributed by atoms with Crippen LogP contribution in [0.15, 0.2) is 77.7 Å². The zero-order valence-corrected chi connectivity index (χ0v) is 25.6. The molecule has 10 heteroatoms. The number of anilines is 1. The Bertz CT molecular complexity index is 1460. The van der Waals surface area contributed by atoms with Gasteiger partial charge in [0.2, 0.25) is 11.8 Å². The number of hydrogen-bond acceptors (Lipinski definition) is 4. The summed E-state index contributed by atoms with van der Waals surface area (Å²) < 4.78 is 28.9. The van der Waals surface area contributed by atoms with Gasteiger partial charge in [-0.3, -0.25) is 13.9 Å². The van der Waals surface area contributed by atoms with Crippen molar-refractivity contribution in [3.63, 3.8) is 0 Å². The van der Waals surface area contributed by atoms with Crippen LogP contribution >= 0.6 is 23.2 Å². The van der Waals surface area contributed by atoms with Crippen LogP contribution in [0, 0.1) is 6.92 Å². The van der Waals surface area contributed by atoms with Gasteiger partial charge in [0, 0.05) is 22.6 Å². The summed E-state index contributed by atoms with van der Waals surface area (Å²) in [6.45, 7) is 3.31. The van der Waals surface area contributed by atoms with Crippen LogP contribution in [0.3, 0.4) is 0 Å². The molecule has 3 aromatic rings. The molecule has 0 aromatic heterocycles. The summed E-state index contributed by atoms with van der Waals surface area (Å²) in [4.78, 5) is 29.1. The average Bonchev–Trinajstić information content (AvgIpc) is 3.45. The van der Waals surface area contributed by atoms with Crippen LogP contribution in [0.1, 0.15) is 50.2 Å². The molecule has 0 unspecified atom stereocenters. The first-order valence-corrected chi connectivity index (χ1v) is 16.0. The van der Waals surface area contributed by atoms with E-state index in [2.05, 4.69) is 5.32 Å². The van der Waals surface area contributed by atoms with Crippen molar-refractivity contribution in [1.82, 2.24) is 10.2 Å². The van der Waals surface area contributed by atoms with Crippen molar-refractivity contribution < 1.29 is 18.0 Å². The van der Waals surface area contributed by atoms with Crippen molar-refractivity contribution in [3.8, 4) is 0 Å². The molecule has 41 heavy (non-hydrogen) atoms. The molecule has 1 atom stereocenters. The van der Waals surface area contributed by atoms with Crippen molar-refractivity contribution in [3.05, 3.63) is 94.0 Å². The molecule has 0 radical (unpaired) electrons. The third kappa shape index (κ3) is 7.82. The Kier molecular flexibility index (Phi) is 10.3. The molecule has 0 spiro atoms. The summed E-state index contributed by atoms with van der Waals surface area (Å²) in [6.07, 6.45) is 4.29. The number of benzene rings is 3. The summed E-state index contributed by atoms with van der Waals surface area (Å²) in [5, 5.41) is 3.99. The van der Waals surface area contributed by atoms with Gasteiger partial charge in [0.25, 0.3) is 10.0 Å². The maximum absolute atomic E-state index is 14.1. The third-order valence-electron chi connectivity index (χ3n) is 7.34. The quantitative estimate of drug-likeness (QED) is 0.272. The van der Waals surface area contributed by atoms with Gasteiger partial charge in [-0.2, -0.15) is 0 Å². The van der Waals surface area contributed by atoms with Crippen LogP contribution < -0.4 is 9.62 Å². The fourth-order valence-corrected chi connectivity index (χ4v) is 6.79. The minimum absolute atomic E-state index is 0.0474. The van der Waals surface area contributed by atoms with Crippen LogP contribution in [0.5, 0.6) is 0 Å². The lowest BCUT2D eigenvalue weighted by Gasteiger charge is -2.33. The Morgan fingerprint density at radius 2 is 1.61 bits per heavy atom. The molecule has 1 N–H and O–H groups in total. The first-order chi connectivity index (χ1) is 19.6. The molecule has 4 rings (SSSR count). The largest absolute Gasteiger partial charge is 0.352 e. The van der Waals surface area contributed by atoms with E-state index in [1.54, 1.807) is 54.6 Å². The lowest BCUT2D eigenvalue weighted by molar-refractivity contribution is -0.140. The Labute approximate surface area is 252 Å². The number of halogens is 2. The standard InChI is InChI=1S/C31H35Cl2N3O4S/c1-3-29(31(38)34-26-8-4-5-9-26)35(20-23-13-15-24(32)16-14-23)30(37)21-36(27-10-6-7-25(33)19-27)41(39,40)28-17-11-22(2)12-18-28/h6-7,10-19,26,29H,3-5,8-9,20-21H2,1-2H3,(H,34,38)/t29-/m1/s1. The van der Waals surface area contributed by atoms with Crippen molar-refractivity contribution in [2.75, 3.05) is 10.8 Å². The fourth-order valence-electron chi connectivity index (χ4n) is 5.07. The van der Waals surface area contributed by atoms with Gasteiger partial charge in [0.15, 0.2) is 0 Å². The van der Waals surface area contributed by atoms with E-state index < -0.39 is 28.5 Å². The molecule has 1 aliphatic carbocycles. The molecule has 1 saturated carbocycles.